The Balaban J connectivity index is 2.01. The number of aliphatic hydroxyl groups is 1. The number of rotatable bonds is 4. The second kappa shape index (κ2) is 6.13. The third kappa shape index (κ3) is 4.01. The van der Waals surface area contributed by atoms with Crippen LogP contribution in [0.25, 0.3) is 0 Å². The predicted molar refractivity (Wildman–Crippen MR) is 71.2 cm³/mol. The van der Waals surface area contributed by atoms with Crippen LogP contribution in [-0.2, 0) is 12.8 Å². The molecule has 4 heteroatoms. The lowest BCUT2D eigenvalue weighted by molar-refractivity contribution is 0.175. The normalized spacial score (nSPS) is 12.4. The lowest BCUT2D eigenvalue weighted by atomic mass is 10.0. The van der Waals surface area contributed by atoms with Crippen LogP contribution in [0.4, 0.5) is 8.78 Å². The Hall–Kier alpha value is -1.45. The van der Waals surface area contributed by atoms with E-state index in [1.54, 1.807) is 12.1 Å². The number of benzene rings is 2. The van der Waals surface area contributed by atoms with Crippen molar-refractivity contribution in [3.8, 4) is 0 Å². The average Bonchev–Trinajstić information content (AvgIpc) is 2.34. The van der Waals surface area contributed by atoms with Gasteiger partial charge in [0, 0.05) is 5.02 Å². The number of hydrogen-bond donors (Lipinski definition) is 1. The van der Waals surface area contributed by atoms with Crippen LogP contribution in [0.1, 0.15) is 11.1 Å². The van der Waals surface area contributed by atoms with Crippen LogP contribution in [0.5, 0.6) is 0 Å². The van der Waals surface area contributed by atoms with Crippen LogP contribution in [0.2, 0.25) is 5.02 Å². The fraction of sp³-hybridized carbons (Fsp3) is 0.200. The van der Waals surface area contributed by atoms with Gasteiger partial charge in [0.05, 0.1) is 6.10 Å². The van der Waals surface area contributed by atoms with Crippen molar-refractivity contribution in [3.63, 3.8) is 0 Å². The van der Waals surface area contributed by atoms with E-state index < -0.39 is 17.7 Å². The highest BCUT2D eigenvalue weighted by molar-refractivity contribution is 6.30. The first-order valence-corrected chi connectivity index (χ1v) is 6.29. The van der Waals surface area contributed by atoms with Gasteiger partial charge < -0.3 is 5.11 Å². The van der Waals surface area contributed by atoms with Gasteiger partial charge in [0.1, 0.15) is 0 Å². The topological polar surface area (TPSA) is 20.2 Å². The van der Waals surface area contributed by atoms with Crippen LogP contribution in [0.15, 0.2) is 42.5 Å². The van der Waals surface area contributed by atoms with Gasteiger partial charge in [0.25, 0.3) is 0 Å². The number of aliphatic hydroxyl groups excluding tert-OH is 1. The molecule has 0 radical (unpaired) electrons. The molecule has 1 unspecified atom stereocenters. The lowest BCUT2D eigenvalue weighted by Gasteiger charge is -2.11. The highest BCUT2D eigenvalue weighted by Crippen LogP contribution is 2.15. The van der Waals surface area contributed by atoms with E-state index in [4.69, 9.17) is 11.6 Å². The first kappa shape index (κ1) is 14.0. The zero-order valence-corrected chi connectivity index (χ0v) is 10.9. The van der Waals surface area contributed by atoms with Crippen LogP contribution >= 0.6 is 11.6 Å². The summed E-state index contributed by atoms with van der Waals surface area (Å²) in [6.07, 6.45) is 0.0202. The molecule has 0 bridgehead atoms. The second-order valence-corrected chi connectivity index (χ2v) is 4.88. The van der Waals surface area contributed by atoms with Gasteiger partial charge in [0.15, 0.2) is 11.6 Å². The Morgan fingerprint density at radius 3 is 2.26 bits per heavy atom. The van der Waals surface area contributed by atoms with E-state index in [9.17, 15) is 13.9 Å². The molecule has 2 aromatic carbocycles. The summed E-state index contributed by atoms with van der Waals surface area (Å²) in [4.78, 5) is 0. The first-order chi connectivity index (χ1) is 9.04. The first-order valence-electron chi connectivity index (χ1n) is 5.91. The van der Waals surface area contributed by atoms with Crippen molar-refractivity contribution in [2.24, 2.45) is 0 Å². The molecule has 1 nitrogen and oxygen atoms in total. The molecule has 0 aliphatic rings. The molecule has 0 saturated carbocycles. The minimum absolute atomic E-state index is 0.268. The highest BCUT2D eigenvalue weighted by Gasteiger charge is 2.09. The summed E-state index contributed by atoms with van der Waals surface area (Å²) in [6.45, 7) is 0. The zero-order valence-electron chi connectivity index (χ0n) is 10.1. The molecule has 0 aliphatic heterocycles. The van der Waals surface area contributed by atoms with Crippen molar-refractivity contribution in [2.45, 2.75) is 18.9 Å². The fourth-order valence-electron chi connectivity index (χ4n) is 1.95. The van der Waals surface area contributed by atoms with Crippen LogP contribution in [0, 0.1) is 11.6 Å². The predicted octanol–water partition coefficient (Wildman–Crippen LogP) is 3.76. The minimum atomic E-state index is -0.896. The molecule has 0 amide bonds. The molecule has 2 aromatic rings. The van der Waals surface area contributed by atoms with E-state index in [0.717, 1.165) is 17.7 Å². The van der Waals surface area contributed by atoms with Gasteiger partial charge in [0.2, 0.25) is 0 Å². The van der Waals surface area contributed by atoms with Gasteiger partial charge in [-0.05, 0) is 48.2 Å². The van der Waals surface area contributed by atoms with E-state index in [0.29, 0.717) is 17.0 Å². The van der Waals surface area contributed by atoms with Gasteiger partial charge in [-0.25, -0.2) is 8.78 Å². The zero-order chi connectivity index (χ0) is 13.8. The Morgan fingerprint density at radius 1 is 0.947 bits per heavy atom. The largest absolute Gasteiger partial charge is 0.392 e. The number of hydrogen-bond acceptors (Lipinski definition) is 1. The Labute approximate surface area is 115 Å². The molecule has 0 heterocycles. The lowest BCUT2D eigenvalue weighted by Crippen LogP contribution is -2.14. The van der Waals surface area contributed by atoms with E-state index in [2.05, 4.69) is 0 Å². The molecular formula is C15H13ClF2O. The number of halogens is 3. The summed E-state index contributed by atoms with van der Waals surface area (Å²) < 4.78 is 25.8. The van der Waals surface area contributed by atoms with Gasteiger partial charge in [-0.15, -0.1) is 0 Å². The van der Waals surface area contributed by atoms with E-state index in [1.807, 2.05) is 12.1 Å². The second-order valence-electron chi connectivity index (χ2n) is 4.44. The van der Waals surface area contributed by atoms with Crippen molar-refractivity contribution < 1.29 is 13.9 Å². The maximum atomic E-state index is 13.0. The molecular weight excluding hydrogens is 270 g/mol. The van der Waals surface area contributed by atoms with E-state index >= 15 is 0 Å². The molecule has 0 aliphatic carbocycles. The Kier molecular flexibility index (Phi) is 4.51. The monoisotopic (exact) mass is 282 g/mol. The van der Waals surface area contributed by atoms with Crippen LogP contribution in [-0.4, -0.2) is 11.2 Å². The SMILES string of the molecule is OC(Cc1cccc(Cl)c1)Cc1ccc(F)c(F)c1. The van der Waals surface area contributed by atoms with Gasteiger partial charge in [-0.2, -0.15) is 0 Å². The smallest absolute Gasteiger partial charge is 0.159 e. The van der Waals surface area contributed by atoms with E-state index in [1.165, 1.54) is 6.07 Å². The fourth-order valence-corrected chi connectivity index (χ4v) is 2.16. The summed E-state index contributed by atoms with van der Waals surface area (Å²) in [5.74, 6) is -1.78. The Morgan fingerprint density at radius 2 is 1.63 bits per heavy atom. The maximum absolute atomic E-state index is 13.0. The summed E-state index contributed by atoms with van der Waals surface area (Å²) in [7, 11) is 0. The van der Waals surface area contributed by atoms with Crippen molar-refractivity contribution in [3.05, 3.63) is 70.2 Å². The van der Waals surface area contributed by atoms with Gasteiger partial charge in [-0.3, -0.25) is 0 Å². The highest BCUT2D eigenvalue weighted by atomic mass is 35.5. The molecule has 1 N–H and O–H groups in total. The molecule has 2 rings (SSSR count). The average molecular weight is 283 g/mol. The Bertz CT molecular complexity index is 572. The van der Waals surface area contributed by atoms with E-state index in [-0.39, 0.29) is 6.42 Å². The summed E-state index contributed by atoms with van der Waals surface area (Å²) in [5.41, 5.74) is 1.47. The summed E-state index contributed by atoms with van der Waals surface area (Å²) >= 11 is 5.85. The van der Waals surface area contributed by atoms with Gasteiger partial charge >= 0.3 is 0 Å². The molecule has 0 fully saturated rings. The molecule has 0 saturated heterocycles. The molecule has 19 heavy (non-hydrogen) atoms. The van der Waals surface area contributed by atoms with Gasteiger partial charge in [-0.1, -0.05) is 29.8 Å². The van der Waals surface area contributed by atoms with Crippen molar-refractivity contribution in [1.82, 2.24) is 0 Å². The van der Waals surface area contributed by atoms with Crippen molar-refractivity contribution in [1.29, 1.82) is 0 Å². The molecule has 1 atom stereocenters. The maximum Gasteiger partial charge on any atom is 0.159 e. The van der Waals surface area contributed by atoms with Crippen molar-refractivity contribution in [2.75, 3.05) is 0 Å². The van der Waals surface area contributed by atoms with Crippen molar-refractivity contribution >= 4 is 11.6 Å². The quantitative estimate of drug-likeness (QED) is 0.905. The standard InChI is InChI=1S/C15H13ClF2O/c16-12-3-1-2-10(6-12)7-13(19)8-11-4-5-14(17)15(18)9-11/h1-6,9,13,19H,7-8H2. The van der Waals surface area contributed by atoms with Crippen LogP contribution < -0.4 is 0 Å². The summed E-state index contributed by atoms with van der Waals surface area (Å²) in [6, 6.07) is 10.8. The molecule has 0 spiro atoms. The third-order valence-corrected chi connectivity index (χ3v) is 3.05. The molecule has 0 aromatic heterocycles. The third-order valence-electron chi connectivity index (χ3n) is 2.82. The van der Waals surface area contributed by atoms with Crippen LogP contribution in [0.3, 0.4) is 0 Å². The minimum Gasteiger partial charge on any atom is -0.392 e. The molecule has 100 valence electrons. The summed E-state index contributed by atoms with van der Waals surface area (Å²) in [5, 5.41) is 10.6.